The number of fused-ring (bicyclic) bond motifs is 2. The lowest BCUT2D eigenvalue weighted by Gasteiger charge is -2.09. The highest BCUT2D eigenvalue weighted by atomic mass is 19.1. The molecule has 2 amide bonds. The van der Waals surface area contributed by atoms with Crippen LogP contribution in [0, 0.1) is 12.7 Å². The van der Waals surface area contributed by atoms with Crippen molar-refractivity contribution in [3.8, 4) is 0 Å². The highest BCUT2D eigenvalue weighted by molar-refractivity contribution is 6.04. The number of carbonyl (C=O) groups is 2. The number of hydrogen-bond acceptors (Lipinski definition) is 3. The first-order chi connectivity index (χ1) is 16.0. The normalized spacial score (nSPS) is 13.8. The highest BCUT2D eigenvalue weighted by Gasteiger charge is 2.18. The minimum atomic E-state index is -0.632. The smallest absolute Gasteiger partial charge is 0.274 e. The predicted molar refractivity (Wildman–Crippen MR) is 124 cm³/mol. The molecular formula is C26H21FN4O2. The number of amides is 2. The fourth-order valence-electron chi connectivity index (χ4n) is 4.04. The van der Waals surface area contributed by atoms with Gasteiger partial charge in [-0.2, -0.15) is 0 Å². The van der Waals surface area contributed by atoms with Gasteiger partial charge in [0.2, 0.25) is 0 Å². The second kappa shape index (κ2) is 8.35. The zero-order valence-corrected chi connectivity index (χ0v) is 17.9. The topological polar surface area (TPSA) is 75.5 Å². The Bertz CT molecular complexity index is 1440. The van der Waals surface area contributed by atoms with E-state index in [0.717, 1.165) is 29.5 Å². The summed E-state index contributed by atoms with van der Waals surface area (Å²) in [6.07, 6.45) is 6.67. The lowest BCUT2D eigenvalue weighted by atomic mass is 10.1. The zero-order valence-electron chi connectivity index (χ0n) is 17.9. The van der Waals surface area contributed by atoms with Crippen molar-refractivity contribution in [2.45, 2.75) is 19.8 Å². The highest BCUT2D eigenvalue weighted by Crippen LogP contribution is 2.31. The molecule has 0 aliphatic heterocycles. The number of imidazole rings is 1. The second-order valence-corrected chi connectivity index (χ2v) is 8.02. The molecule has 1 aliphatic carbocycles. The molecule has 6 nitrogen and oxygen atoms in total. The van der Waals surface area contributed by atoms with E-state index < -0.39 is 11.7 Å². The minimum absolute atomic E-state index is 0.0754. The van der Waals surface area contributed by atoms with Gasteiger partial charge in [-0.15, -0.1) is 0 Å². The molecule has 4 aromatic rings. The van der Waals surface area contributed by atoms with Crippen LogP contribution in [-0.2, 0) is 6.42 Å². The predicted octanol–water partition coefficient (Wildman–Crippen LogP) is 4.75. The van der Waals surface area contributed by atoms with Gasteiger partial charge in [-0.05, 0) is 72.4 Å². The van der Waals surface area contributed by atoms with Crippen LogP contribution in [0.5, 0.6) is 0 Å². The van der Waals surface area contributed by atoms with Crippen molar-refractivity contribution in [2.24, 2.45) is 0 Å². The number of allylic oxidation sites excluding steroid dienone is 1. The van der Waals surface area contributed by atoms with Crippen LogP contribution in [0.25, 0.3) is 11.2 Å². The van der Waals surface area contributed by atoms with Crippen LogP contribution >= 0.6 is 0 Å². The number of nitrogens with zero attached hydrogens (tertiary/aromatic N) is 2. The number of halogens is 1. The van der Waals surface area contributed by atoms with Crippen LogP contribution in [-0.4, -0.2) is 21.2 Å². The first-order valence-corrected chi connectivity index (χ1v) is 10.6. The van der Waals surface area contributed by atoms with E-state index in [-0.39, 0.29) is 22.9 Å². The number of hydrogen-bond donors (Lipinski definition) is 2. The first-order valence-electron chi connectivity index (χ1n) is 10.6. The van der Waals surface area contributed by atoms with Crippen molar-refractivity contribution in [2.75, 3.05) is 5.32 Å². The van der Waals surface area contributed by atoms with E-state index in [1.165, 1.54) is 30.0 Å². The molecule has 1 aliphatic rings. The third kappa shape index (κ3) is 4.01. The number of carbonyl (C=O) groups excluding carboxylic acids is 2. The van der Waals surface area contributed by atoms with E-state index in [2.05, 4.69) is 21.7 Å². The molecule has 164 valence electrons. The maximum absolute atomic E-state index is 14.4. The van der Waals surface area contributed by atoms with Crippen molar-refractivity contribution in [3.63, 3.8) is 0 Å². The average Bonchev–Trinajstić information content (AvgIpc) is 3.42. The Morgan fingerprint density at radius 1 is 1.06 bits per heavy atom. The summed E-state index contributed by atoms with van der Waals surface area (Å²) in [6.45, 7) is 1.93. The van der Waals surface area contributed by atoms with E-state index >= 15 is 0 Å². The SMILES string of the molecule is Cc1ccn2c(C(=O)Nc3cc(C(=O)N/C=C4\CCc5ccccc54)ccc3F)cnc2c1. The molecule has 7 heteroatoms. The molecule has 0 atom stereocenters. The molecule has 0 fully saturated rings. The number of aryl methyl sites for hydroxylation is 2. The van der Waals surface area contributed by atoms with Gasteiger partial charge in [0.15, 0.2) is 0 Å². The van der Waals surface area contributed by atoms with Gasteiger partial charge in [0.1, 0.15) is 17.2 Å². The fraction of sp³-hybridized carbons (Fsp3) is 0.115. The van der Waals surface area contributed by atoms with E-state index in [1.807, 2.05) is 37.3 Å². The average molecular weight is 440 g/mol. The Labute approximate surface area is 189 Å². The molecule has 2 heterocycles. The second-order valence-electron chi connectivity index (χ2n) is 8.02. The van der Waals surface area contributed by atoms with Crippen LogP contribution in [0.15, 0.2) is 73.2 Å². The zero-order chi connectivity index (χ0) is 22.9. The molecule has 2 N–H and O–H groups in total. The Kier molecular flexibility index (Phi) is 5.22. The summed E-state index contributed by atoms with van der Waals surface area (Å²) in [7, 11) is 0. The number of aromatic nitrogens is 2. The fourth-order valence-corrected chi connectivity index (χ4v) is 4.04. The van der Waals surface area contributed by atoms with Crippen molar-refractivity contribution in [1.82, 2.24) is 14.7 Å². The van der Waals surface area contributed by atoms with Gasteiger partial charge in [-0.3, -0.25) is 14.0 Å². The van der Waals surface area contributed by atoms with Gasteiger partial charge in [-0.1, -0.05) is 24.3 Å². The monoisotopic (exact) mass is 440 g/mol. The summed E-state index contributed by atoms with van der Waals surface area (Å²) in [6, 6.07) is 15.7. The molecule has 0 bridgehead atoms. The third-order valence-electron chi connectivity index (χ3n) is 5.78. The van der Waals surface area contributed by atoms with Crippen LogP contribution in [0.3, 0.4) is 0 Å². The molecule has 2 aromatic heterocycles. The molecule has 33 heavy (non-hydrogen) atoms. The van der Waals surface area contributed by atoms with Crippen molar-refractivity contribution in [3.05, 3.63) is 107 Å². The molecule has 2 aromatic carbocycles. The summed E-state index contributed by atoms with van der Waals surface area (Å²) < 4.78 is 16.0. The molecule has 0 radical (unpaired) electrons. The molecular weight excluding hydrogens is 419 g/mol. The van der Waals surface area contributed by atoms with E-state index in [0.29, 0.717) is 5.65 Å². The van der Waals surface area contributed by atoms with Crippen LogP contribution in [0.1, 0.15) is 44.0 Å². The third-order valence-corrected chi connectivity index (χ3v) is 5.78. The molecule has 0 saturated heterocycles. The van der Waals surface area contributed by atoms with Gasteiger partial charge in [0, 0.05) is 18.0 Å². The summed E-state index contributed by atoms with van der Waals surface area (Å²) in [5, 5.41) is 5.34. The summed E-state index contributed by atoms with van der Waals surface area (Å²) in [5.74, 6) is -1.53. The quantitative estimate of drug-likeness (QED) is 0.481. The van der Waals surface area contributed by atoms with Crippen molar-refractivity contribution in [1.29, 1.82) is 0 Å². The van der Waals surface area contributed by atoms with Crippen molar-refractivity contribution < 1.29 is 14.0 Å². The largest absolute Gasteiger partial charge is 0.328 e. The molecule has 5 rings (SSSR count). The summed E-state index contributed by atoms with van der Waals surface area (Å²) in [4.78, 5) is 29.7. The van der Waals surface area contributed by atoms with Gasteiger partial charge in [0.05, 0.1) is 11.9 Å². The van der Waals surface area contributed by atoms with Crippen LogP contribution in [0.4, 0.5) is 10.1 Å². The summed E-state index contributed by atoms with van der Waals surface area (Å²) in [5.41, 5.74) is 5.51. The first kappa shape index (κ1) is 20.6. The molecule has 0 saturated carbocycles. The Morgan fingerprint density at radius 3 is 2.79 bits per heavy atom. The van der Waals surface area contributed by atoms with Gasteiger partial charge in [0.25, 0.3) is 11.8 Å². The lowest BCUT2D eigenvalue weighted by molar-refractivity contribution is 0.0968. The van der Waals surface area contributed by atoms with E-state index in [9.17, 15) is 14.0 Å². The Morgan fingerprint density at radius 2 is 1.91 bits per heavy atom. The summed E-state index contributed by atoms with van der Waals surface area (Å²) >= 11 is 0. The number of pyridine rings is 1. The molecule has 0 unspecified atom stereocenters. The van der Waals surface area contributed by atoms with Gasteiger partial charge >= 0.3 is 0 Å². The van der Waals surface area contributed by atoms with E-state index in [1.54, 1.807) is 16.8 Å². The maximum atomic E-state index is 14.4. The van der Waals surface area contributed by atoms with E-state index in [4.69, 9.17) is 0 Å². The minimum Gasteiger partial charge on any atom is -0.328 e. The number of rotatable bonds is 4. The number of anilines is 1. The Hall–Kier alpha value is -4.26. The van der Waals surface area contributed by atoms with Gasteiger partial charge < -0.3 is 10.6 Å². The van der Waals surface area contributed by atoms with Crippen molar-refractivity contribution >= 4 is 28.7 Å². The van der Waals surface area contributed by atoms with Crippen LogP contribution < -0.4 is 10.6 Å². The van der Waals surface area contributed by atoms with Crippen LogP contribution in [0.2, 0.25) is 0 Å². The number of benzene rings is 2. The number of nitrogens with one attached hydrogen (secondary N) is 2. The standard InChI is InChI=1S/C26H21FN4O2/c1-16-10-11-31-23(15-28-24(31)12-16)26(33)30-22-13-18(8-9-21(22)27)25(32)29-14-19-7-6-17-4-2-3-5-20(17)19/h2-5,8-15H,6-7H2,1H3,(H,29,32)(H,30,33)/b19-14+. The lowest BCUT2D eigenvalue weighted by Crippen LogP contribution is -2.19. The Balaban J connectivity index is 1.34. The van der Waals surface area contributed by atoms with Gasteiger partial charge in [-0.25, -0.2) is 9.37 Å². The maximum Gasteiger partial charge on any atom is 0.274 e. The molecule has 0 spiro atoms.